The number of benzene rings is 1. The number of hydrogen-bond donors (Lipinski definition) is 0. The van der Waals surface area contributed by atoms with Gasteiger partial charge in [-0.3, -0.25) is 4.79 Å². The SMILES string of the molecule is C=C(C)CC(=O)c1ccc(F)c(Cl)c1. The average Bonchev–Trinajstić information content (AvgIpc) is 2.08. The predicted molar refractivity (Wildman–Crippen MR) is 55.2 cm³/mol. The zero-order valence-electron chi connectivity index (χ0n) is 7.81. The lowest BCUT2D eigenvalue weighted by Gasteiger charge is -2.01. The van der Waals surface area contributed by atoms with Crippen LogP contribution in [0.4, 0.5) is 4.39 Å². The number of ketones is 1. The molecule has 0 heterocycles. The number of hydrogen-bond acceptors (Lipinski definition) is 1. The van der Waals surface area contributed by atoms with Gasteiger partial charge >= 0.3 is 0 Å². The second-order valence-electron chi connectivity index (χ2n) is 3.19. The third kappa shape index (κ3) is 2.67. The maximum Gasteiger partial charge on any atom is 0.166 e. The summed E-state index contributed by atoms with van der Waals surface area (Å²) >= 11 is 5.54. The van der Waals surface area contributed by atoms with Crippen molar-refractivity contribution in [2.45, 2.75) is 13.3 Å². The quantitative estimate of drug-likeness (QED) is 0.552. The van der Waals surface area contributed by atoms with Gasteiger partial charge in [-0.2, -0.15) is 0 Å². The van der Waals surface area contributed by atoms with Crippen LogP contribution in [0, 0.1) is 5.82 Å². The number of carbonyl (C=O) groups is 1. The van der Waals surface area contributed by atoms with Crippen molar-refractivity contribution in [3.8, 4) is 0 Å². The Kier molecular flexibility index (Phi) is 3.42. The fourth-order valence-electron chi connectivity index (χ4n) is 1.05. The first-order valence-corrected chi connectivity index (χ1v) is 4.51. The van der Waals surface area contributed by atoms with Crippen molar-refractivity contribution in [1.82, 2.24) is 0 Å². The molecule has 0 amide bonds. The summed E-state index contributed by atoms with van der Waals surface area (Å²) in [7, 11) is 0. The van der Waals surface area contributed by atoms with Crippen molar-refractivity contribution in [1.29, 1.82) is 0 Å². The lowest BCUT2D eigenvalue weighted by molar-refractivity contribution is 0.0993. The molecule has 0 aliphatic heterocycles. The van der Waals surface area contributed by atoms with E-state index in [1.165, 1.54) is 18.2 Å². The molecule has 1 rings (SSSR count). The van der Waals surface area contributed by atoms with Crippen LogP contribution < -0.4 is 0 Å². The Morgan fingerprint density at radius 3 is 2.71 bits per heavy atom. The Balaban J connectivity index is 2.91. The van der Waals surface area contributed by atoms with Crippen LogP contribution in [0.15, 0.2) is 30.4 Å². The first-order valence-electron chi connectivity index (χ1n) is 4.13. The van der Waals surface area contributed by atoms with Crippen LogP contribution in [0.3, 0.4) is 0 Å². The highest BCUT2D eigenvalue weighted by atomic mass is 35.5. The van der Waals surface area contributed by atoms with E-state index in [-0.39, 0.29) is 17.2 Å². The summed E-state index contributed by atoms with van der Waals surface area (Å²) in [5.74, 6) is -0.613. The standard InChI is InChI=1S/C11H10ClFO/c1-7(2)5-11(14)8-3-4-10(13)9(12)6-8/h3-4,6H,1,5H2,2H3. The lowest BCUT2D eigenvalue weighted by Crippen LogP contribution is -1.99. The third-order valence-electron chi connectivity index (χ3n) is 1.70. The minimum atomic E-state index is -0.515. The maximum absolute atomic E-state index is 12.8. The summed E-state index contributed by atoms with van der Waals surface area (Å²) in [6, 6.07) is 3.95. The van der Waals surface area contributed by atoms with Crippen molar-refractivity contribution in [2.75, 3.05) is 0 Å². The fourth-order valence-corrected chi connectivity index (χ4v) is 1.23. The van der Waals surface area contributed by atoms with E-state index in [2.05, 4.69) is 6.58 Å². The van der Waals surface area contributed by atoms with E-state index in [0.717, 1.165) is 5.57 Å². The van der Waals surface area contributed by atoms with E-state index < -0.39 is 5.82 Å². The van der Waals surface area contributed by atoms with E-state index in [4.69, 9.17) is 11.6 Å². The monoisotopic (exact) mass is 212 g/mol. The first-order chi connectivity index (χ1) is 6.50. The van der Waals surface area contributed by atoms with Gasteiger partial charge in [0.05, 0.1) is 5.02 Å². The van der Waals surface area contributed by atoms with E-state index in [1.807, 2.05) is 0 Å². The Morgan fingerprint density at radius 2 is 2.21 bits per heavy atom. The summed E-state index contributed by atoms with van der Waals surface area (Å²) in [4.78, 5) is 11.5. The van der Waals surface area contributed by atoms with Gasteiger partial charge in [0.2, 0.25) is 0 Å². The van der Waals surface area contributed by atoms with Crippen LogP contribution in [0.1, 0.15) is 23.7 Å². The first kappa shape index (κ1) is 10.9. The van der Waals surface area contributed by atoms with Crippen molar-refractivity contribution in [3.63, 3.8) is 0 Å². The zero-order valence-corrected chi connectivity index (χ0v) is 8.57. The Hall–Kier alpha value is -1.15. The van der Waals surface area contributed by atoms with Gasteiger partial charge in [0.25, 0.3) is 0 Å². The number of carbonyl (C=O) groups excluding carboxylic acids is 1. The van der Waals surface area contributed by atoms with Crippen LogP contribution >= 0.6 is 11.6 Å². The molecule has 0 N–H and O–H groups in total. The largest absolute Gasteiger partial charge is 0.294 e. The molecule has 1 aromatic rings. The van der Waals surface area contributed by atoms with Crippen LogP contribution in [-0.4, -0.2) is 5.78 Å². The number of halogens is 2. The molecule has 1 nitrogen and oxygen atoms in total. The highest BCUT2D eigenvalue weighted by molar-refractivity contribution is 6.31. The van der Waals surface area contributed by atoms with E-state index >= 15 is 0 Å². The molecule has 0 unspecified atom stereocenters. The van der Waals surface area contributed by atoms with Gasteiger partial charge in [-0.05, 0) is 25.1 Å². The third-order valence-corrected chi connectivity index (χ3v) is 1.99. The lowest BCUT2D eigenvalue weighted by atomic mass is 10.1. The number of Topliss-reactive ketones (excluding diaryl/α,β-unsaturated/α-hetero) is 1. The summed E-state index contributed by atoms with van der Waals surface area (Å²) in [5, 5.41) is -0.0300. The van der Waals surface area contributed by atoms with Crippen LogP contribution in [0.5, 0.6) is 0 Å². The van der Waals surface area contributed by atoms with E-state index in [0.29, 0.717) is 5.56 Å². The van der Waals surface area contributed by atoms with E-state index in [1.54, 1.807) is 6.92 Å². The van der Waals surface area contributed by atoms with Crippen molar-refractivity contribution in [3.05, 3.63) is 46.8 Å². The fraction of sp³-hybridized carbons (Fsp3) is 0.182. The molecule has 1 aromatic carbocycles. The Labute approximate surface area is 87.2 Å². The molecule has 0 spiro atoms. The molecule has 0 radical (unpaired) electrons. The van der Waals surface area contributed by atoms with Crippen molar-refractivity contribution >= 4 is 17.4 Å². The van der Waals surface area contributed by atoms with Gasteiger partial charge in [-0.1, -0.05) is 23.8 Å². The highest BCUT2D eigenvalue weighted by Crippen LogP contribution is 2.17. The molecular formula is C11H10ClFO. The van der Waals surface area contributed by atoms with Crippen LogP contribution in [-0.2, 0) is 0 Å². The highest BCUT2D eigenvalue weighted by Gasteiger charge is 2.08. The van der Waals surface area contributed by atoms with Crippen molar-refractivity contribution < 1.29 is 9.18 Å². The van der Waals surface area contributed by atoms with Gasteiger partial charge in [-0.25, -0.2) is 4.39 Å². The molecule has 3 heteroatoms. The minimum absolute atomic E-state index is 0.0300. The zero-order chi connectivity index (χ0) is 10.7. The Morgan fingerprint density at radius 1 is 1.57 bits per heavy atom. The van der Waals surface area contributed by atoms with Crippen LogP contribution in [0.25, 0.3) is 0 Å². The predicted octanol–water partition coefficient (Wildman–Crippen LogP) is 3.63. The van der Waals surface area contributed by atoms with Gasteiger partial charge < -0.3 is 0 Å². The number of rotatable bonds is 3. The summed E-state index contributed by atoms with van der Waals surface area (Å²) in [6.45, 7) is 5.40. The molecule has 0 bridgehead atoms. The number of allylic oxidation sites excluding steroid dienone is 1. The molecule has 0 saturated heterocycles. The second-order valence-corrected chi connectivity index (χ2v) is 3.59. The molecule has 0 aromatic heterocycles. The molecule has 0 saturated carbocycles. The van der Waals surface area contributed by atoms with Gasteiger partial charge in [0.1, 0.15) is 5.82 Å². The van der Waals surface area contributed by atoms with Gasteiger partial charge in [-0.15, -0.1) is 0 Å². The van der Waals surface area contributed by atoms with Gasteiger partial charge in [0.15, 0.2) is 5.78 Å². The summed E-state index contributed by atoms with van der Waals surface area (Å²) < 4.78 is 12.8. The normalized spacial score (nSPS) is 9.93. The van der Waals surface area contributed by atoms with Crippen LogP contribution in [0.2, 0.25) is 5.02 Å². The molecule has 0 aliphatic rings. The maximum atomic E-state index is 12.8. The minimum Gasteiger partial charge on any atom is -0.294 e. The second kappa shape index (κ2) is 4.38. The molecule has 0 atom stereocenters. The topological polar surface area (TPSA) is 17.1 Å². The van der Waals surface area contributed by atoms with E-state index in [9.17, 15) is 9.18 Å². The molecular weight excluding hydrogens is 203 g/mol. The Bertz CT molecular complexity index is 385. The molecule has 0 fully saturated rings. The smallest absolute Gasteiger partial charge is 0.166 e. The molecule has 14 heavy (non-hydrogen) atoms. The van der Waals surface area contributed by atoms with Crippen molar-refractivity contribution in [2.24, 2.45) is 0 Å². The molecule has 74 valence electrons. The summed E-state index contributed by atoms with van der Waals surface area (Å²) in [6.07, 6.45) is 0.266. The molecule has 0 aliphatic carbocycles. The summed E-state index contributed by atoms with van der Waals surface area (Å²) in [5.41, 5.74) is 1.19. The van der Waals surface area contributed by atoms with Gasteiger partial charge in [0, 0.05) is 12.0 Å². The average molecular weight is 213 g/mol.